The number of carbonyl (C=O) groups excluding carboxylic acids is 2. The van der Waals surface area contributed by atoms with E-state index in [-0.39, 0.29) is 25.5 Å². The van der Waals surface area contributed by atoms with Crippen molar-refractivity contribution < 1.29 is 24.5 Å². The van der Waals surface area contributed by atoms with Crippen molar-refractivity contribution in [1.29, 1.82) is 0 Å². The normalized spacial score (nSPS) is 9.81. The Hall–Kier alpha value is -3.02. The number of aldehydes is 1. The zero-order chi connectivity index (χ0) is 18.9. The Morgan fingerprint density at radius 2 is 1.58 bits per heavy atom. The minimum Gasteiger partial charge on any atom is -0.508 e. The third kappa shape index (κ3) is 8.73. The summed E-state index contributed by atoms with van der Waals surface area (Å²) in [7, 11) is 0. The van der Waals surface area contributed by atoms with Gasteiger partial charge in [0.2, 0.25) is 0 Å². The average molecular weight is 361 g/mol. The summed E-state index contributed by atoms with van der Waals surface area (Å²) in [6, 6.07) is 13.2. The number of nitrogens with one attached hydrogen (secondary N) is 1. The number of rotatable bonds is 3. The van der Waals surface area contributed by atoms with Crippen LogP contribution in [0.2, 0.25) is 0 Å². The maximum absolute atomic E-state index is 11.3. The van der Waals surface area contributed by atoms with Crippen LogP contribution in [0.1, 0.15) is 44.1 Å². The first-order valence-electron chi connectivity index (χ1n) is 7.70. The SMILES string of the molecule is C.CC(C)(C)OC(=O)NCc1ccccc1O.O=Cc1ccccc1O. The Morgan fingerprint density at radius 1 is 1.04 bits per heavy atom. The van der Waals surface area contributed by atoms with Gasteiger partial charge in [-0.15, -0.1) is 0 Å². The number of carbonyl (C=O) groups is 2. The lowest BCUT2D eigenvalue weighted by atomic mass is 10.2. The predicted molar refractivity (Wildman–Crippen MR) is 101 cm³/mol. The summed E-state index contributed by atoms with van der Waals surface area (Å²) < 4.78 is 5.07. The van der Waals surface area contributed by atoms with Crippen LogP contribution >= 0.6 is 0 Å². The van der Waals surface area contributed by atoms with Gasteiger partial charge in [-0.2, -0.15) is 0 Å². The Balaban J connectivity index is 0.000000532. The van der Waals surface area contributed by atoms with Gasteiger partial charge in [0.15, 0.2) is 6.29 Å². The number of alkyl carbamates (subject to hydrolysis) is 1. The molecule has 0 atom stereocenters. The molecule has 0 spiro atoms. The summed E-state index contributed by atoms with van der Waals surface area (Å²) in [4.78, 5) is 21.4. The summed E-state index contributed by atoms with van der Waals surface area (Å²) in [5.41, 5.74) is 0.480. The number of phenolic OH excluding ortho intramolecular Hbond substituents is 2. The van der Waals surface area contributed by atoms with Gasteiger partial charge >= 0.3 is 6.09 Å². The second kappa shape index (κ2) is 10.8. The van der Waals surface area contributed by atoms with Gasteiger partial charge in [-0.25, -0.2) is 4.79 Å². The van der Waals surface area contributed by atoms with Crippen LogP contribution in [0.15, 0.2) is 48.5 Å². The minimum atomic E-state index is -0.511. The molecule has 0 aromatic heterocycles. The molecule has 0 heterocycles. The predicted octanol–water partition coefficient (Wildman–Crippen LogP) is 4.26. The van der Waals surface area contributed by atoms with Gasteiger partial charge in [-0.1, -0.05) is 37.8 Å². The molecule has 0 radical (unpaired) electrons. The van der Waals surface area contributed by atoms with E-state index in [2.05, 4.69) is 5.32 Å². The van der Waals surface area contributed by atoms with Crippen molar-refractivity contribution >= 4 is 12.4 Å². The van der Waals surface area contributed by atoms with Crippen molar-refractivity contribution in [2.24, 2.45) is 0 Å². The maximum atomic E-state index is 11.3. The number of para-hydroxylation sites is 2. The van der Waals surface area contributed by atoms with Crippen LogP contribution in [0, 0.1) is 0 Å². The number of ether oxygens (including phenoxy) is 1. The van der Waals surface area contributed by atoms with Crippen molar-refractivity contribution in [3.8, 4) is 11.5 Å². The molecule has 6 nitrogen and oxygen atoms in total. The minimum absolute atomic E-state index is 0. The van der Waals surface area contributed by atoms with E-state index in [0.29, 0.717) is 17.4 Å². The monoisotopic (exact) mass is 361 g/mol. The van der Waals surface area contributed by atoms with Crippen LogP contribution in [0.4, 0.5) is 4.79 Å². The van der Waals surface area contributed by atoms with E-state index in [1.165, 1.54) is 6.07 Å². The second-order valence-corrected chi connectivity index (χ2v) is 6.16. The molecule has 6 heteroatoms. The molecule has 0 saturated heterocycles. The molecule has 0 fully saturated rings. The molecule has 0 bridgehead atoms. The highest BCUT2D eigenvalue weighted by molar-refractivity contribution is 5.78. The number of hydrogen-bond donors (Lipinski definition) is 3. The van der Waals surface area contributed by atoms with Crippen LogP contribution in [0.25, 0.3) is 0 Å². The summed E-state index contributed by atoms with van der Waals surface area (Å²) in [6.07, 6.45) is 0.130. The Labute approximate surface area is 154 Å². The van der Waals surface area contributed by atoms with Gasteiger partial charge < -0.3 is 20.3 Å². The van der Waals surface area contributed by atoms with E-state index >= 15 is 0 Å². The maximum Gasteiger partial charge on any atom is 0.407 e. The van der Waals surface area contributed by atoms with Gasteiger partial charge in [-0.3, -0.25) is 4.79 Å². The van der Waals surface area contributed by atoms with Gasteiger partial charge in [0.25, 0.3) is 0 Å². The van der Waals surface area contributed by atoms with Gasteiger partial charge in [-0.05, 0) is 39.0 Å². The molecule has 1 amide bonds. The highest BCUT2D eigenvalue weighted by Gasteiger charge is 2.15. The van der Waals surface area contributed by atoms with Crippen molar-refractivity contribution in [2.75, 3.05) is 0 Å². The van der Waals surface area contributed by atoms with E-state index in [1.54, 1.807) is 63.2 Å². The van der Waals surface area contributed by atoms with E-state index < -0.39 is 11.7 Å². The van der Waals surface area contributed by atoms with Crippen LogP contribution < -0.4 is 5.32 Å². The number of amides is 1. The fourth-order valence-electron chi connectivity index (χ4n) is 1.73. The molecule has 0 aliphatic rings. The Morgan fingerprint density at radius 3 is 2.04 bits per heavy atom. The number of benzene rings is 2. The summed E-state index contributed by atoms with van der Waals surface area (Å²) in [5, 5.41) is 20.9. The molecule has 2 rings (SSSR count). The quantitative estimate of drug-likeness (QED) is 0.710. The molecule has 0 saturated carbocycles. The van der Waals surface area contributed by atoms with Crippen molar-refractivity contribution in [3.05, 3.63) is 59.7 Å². The summed E-state index contributed by atoms with van der Waals surface area (Å²) in [6.45, 7) is 5.65. The lowest BCUT2D eigenvalue weighted by Gasteiger charge is -2.19. The lowest BCUT2D eigenvalue weighted by Crippen LogP contribution is -2.32. The summed E-state index contributed by atoms with van der Waals surface area (Å²) >= 11 is 0. The molecule has 142 valence electrons. The third-order valence-electron chi connectivity index (χ3n) is 2.88. The smallest absolute Gasteiger partial charge is 0.407 e. The third-order valence-corrected chi connectivity index (χ3v) is 2.88. The lowest BCUT2D eigenvalue weighted by molar-refractivity contribution is 0.0523. The zero-order valence-electron chi connectivity index (χ0n) is 14.5. The van der Waals surface area contributed by atoms with Crippen molar-refractivity contribution in [3.63, 3.8) is 0 Å². The van der Waals surface area contributed by atoms with Crippen molar-refractivity contribution in [1.82, 2.24) is 5.32 Å². The van der Waals surface area contributed by atoms with E-state index in [1.807, 2.05) is 0 Å². The number of phenols is 2. The molecule has 0 unspecified atom stereocenters. The van der Waals surface area contributed by atoms with E-state index in [0.717, 1.165) is 0 Å². The van der Waals surface area contributed by atoms with Crippen LogP contribution in [-0.2, 0) is 11.3 Å². The zero-order valence-corrected chi connectivity index (χ0v) is 14.5. The number of aromatic hydroxyl groups is 2. The molecule has 2 aromatic rings. The topological polar surface area (TPSA) is 95.9 Å². The van der Waals surface area contributed by atoms with E-state index in [4.69, 9.17) is 9.84 Å². The average Bonchev–Trinajstić information content (AvgIpc) is 2.53. The van der Waals surface area contributed by atoms with Crippen LogP contribution in [-0.4, -0.2) is 28.2 Å². The first-order valence-corrected chi connectivity index (χ1v) is 7.70. The Bertz CT molecular complexity index is 707. The largest absolute Gasteiger partial charge is 0.508 e. The standard InChI is InChI=1S/C12H17NO3.C7H6O2.CH4/c1-12(2,3)16-11(15)13-8-9-6-4-5-7-10(9)14;8-5-6-3-1-2-4-7(6)9;/h4-7,14H,8H2,1-3H3,(H,13,15);1-5,9H;1H4. The molecule has 26 heavy (non-hydrogen) atoms. The van der Waals surface area contributed by atoms with Gasteiger partial charge in [0.05, 0.1) is 5.56 Å². The number of hydrogen-bond acceptors (Lipinski definition) is 5. The van der Waals surface area contributed by atoms with Crippen LogP contribution in [0.3, 0.4) is 0 Å². The molecular weight excluding hydrogens is 334 g/mol. The molecule has 3 N–H and O–H groups in total. The first-order chi connectivity index (χ1) is 11.7. The summed E-state index contributed by atoms with van der Waals surface area (Å²) in [5.74, 6) is 0.200. The Kier molecular flexibility index (Phi) is 9.51. The van der Waals surface area contributed by atoms with Gasteiger partial charge in [0.1, 0.15) is 17.1 Å². The molecule has 0 aliphatic heterocycles. The van der Waals surface area contributed by atoms with Crippen LogP contribution in [0.5, 0.6) is 11.5 Å². The first kappa shape index (κ1) is 23.0. The van der Waals surface area contributed by atoms with Crippen molar-refractivity contribution in [2.45, 2.75) is 40.3 Å². The second-order valence-electron chi connectivity index (χ2n) is 6.16. The molecular formula is C20H27NO5. The fourth-order valence-corrected chi connectivity index (χ4v) is 1.73. The highest BCUT2D eigenvalue weighted by Crippen LogP contribution is 2.15. The fraction of sp³-hybridized carbons (Fsp3) is 0.300. The van der Waals surface area contributed by atoms with Gasteiger partial charge in [0, 0.05) is 12.1 Å². The molecule has 2 aromatic carbocycles. The van der Waals surface area contributed by atoms with E-state index in [9.17, 15) is 14.7 Å². The highest BCUT2D eigenvalue weighted by atomic mass is 16.6. The molecule has 0 aliphatic carbocycles.